The number of hydrogen-bond donors (Lipinski definition) is 2. The topological polar surface area (TPSA) is 83.2 Å². The Morgan fingerprint density at radius 1 is 1.33 bits per heavy atom. The maximum absolute atomic E-state index is 8.08. The van der Waals surface area contributed by atoms with Crippen molar-refractivity contribution in [1.82, 2.24) is 9.97 Å². The fraction of sp³-hybridized carbons (Fsp3) is 0.200. The number of nitrogens with zero attached hydrogens (tertiary/aromatic N) is 3. The van der Waals surface area contributed by atoms with E-state index in [1.165, 1.54) is 18.0 Å². The molecule has 1 aliphatic rings. The molecule has 1 aromatic heterocycles. The first-order valence-electron chi connectivity index (χ1n) is 8.39. The average Bonchev–Trinajstić information content (AvgIpc) is 2.91. The van der Waals surface area contributed by atoms with Crippen LogP contribution in [0, 0.1) is 5.41 Å². The number of hydrogen-bond acceptors (Lipinski definition) is 6. The van der Waals surface area contributed by atoms with Gasteiger partial charge in [-0.25, -0.2) is 0 Å². The molecule has 0 aliphatic carbocycles. The van der Waals surface area contributed by atoms with Gasteiger partial charge in [0.15, 0.2) is 0 Å². The molecule has 0 spiro atoms. The van der Waals surface area contributed by atoms with E-state index in [1.54, 1.807) is 13.2 Å². The quantitative estimate of drug-likeness (QED) is 0.482. The van der Waals surface area contributed by atoms with E-state index in [0.717, 1.165) is 11.1 Å². The molecule has 1 aromatic carbocycles. The fourth-order valence-electron chi connectivity index (χ4n) is 2.65. The monoisotopic (exact) mass is 474 g/mol. The molecule has 0 fully saturated rings. The molecule has 0 unspecified atom stereocenters. The number of rotatable bonds is 6. The first-order chi connectivity index (χ1) is 13.0. The Hall–Kier alpha value is -2.55. The molecule has 140 valence electrons. The zero-order valence-electron chi connectivity index (χ0n) is 15.5. The molecule has 27 heavy (non-hydrogen) atoms. The van der Waals surface area contributed by atoms with E-state index in [4.69, 9.17) is 10.1 Å². The second kappa shape index (κ2) is 8.43. The molecule has 2 aromatic rings. The van der Waals surface area contributed by atoms with Crippen LogP contribution in [-0.2, 0) is 0 Å². The molecule has 1 aliphatic heterocycles. The minimum absolute atomic E-state index is 0.0636. The van der Waals surface area contributed by atoms with Gasteiger partial charge in [0.1, 0.15) is 0 Å². The molecule has 0 saturated carbocycles. The van der Waals surface area contributed by atoms with Crippen molar-refractivity contribution >= 4 is 28.1 Å². The molecular weight excluding hydrogens is 453 g/mol. The molecule has 7 heteroatoms. The maximum atomic E-state index is 8.08. The van der Waals surface area contributed by atoms with Gasteiger partial charge in [-0.1, -0.05) is 0 Å². The number of anilines is 1. The van der Waals surface area contributed by atoms with Crippen LogP contribution in [0.5, 0.6) is 5.75 Å². The van der Waals surface area contributed by atoms with E-state index in [9.17, 15) is 0 Å². The molecule has 1 atom stereocenters. The summed E-state index contributed by atoms with van der Waals surface area (Å²) in [6.07, 6.45) is 7.18. The summed E-state index contributed by atoms with van der Waals surface area (Å²) >= 11 is -0.331. The van der Waals surface area contributed by atoms with Crippen LogP contribution in [-0.4, -0.2) is 34.5 Å². The molecule has 0 amide bonds. The van der Waals surface area contributed by atoms with Crippen LogP contribution >= 0.6 is 0 Å². The van der Waals surface area contributed by atoms with Crippen molar-refractivity contribution in [1.29, 1.82) is 5.41 Å². The predicted octanol–water partition coefficient (Wildman–Crippen LogP) is 0.911. The summed E-state index contributed by atoms with van der Waals surface area (Å²) in [7, 11) is 1.60. The minimum atomic E-state index is -0.331. The number of aromatic nitrogens is 2. The summed E-state index contributed by atoms with van der Waals surface area (Å²) in [4.78, 5) is 8.81. The zero-order chi connectivity index (χ0) is 19.4. The number of nitrogens with one attached hydrogen (secondary N) is 2. The van der Waals surface area contributed by atoms with Gasteiger partial charge in [0, 0.05) is 0 Å². The first kappa shape index (κ1) is 19.2. The third kappa shape index (κ3) is 4.24. The molecule has 2 N–H and O–H groups in total. The Labute approximate surface area is 169 Å². The van der Waals surface area contributed by atoms with Gasteiger partial charge in [-0.15, -0.1) is 0 Å². The third-order valence-corrected chi connectivity index (χ3v) is 6.20. The second-order valence-corrected chi connectivity index (χ2v) is 7.71. The molecule has 2 heterocycles. The van der Waals surface area contributed by atoms with Crippen molar-refractivity contribution in [3.8, 4) is 5.75 Å². The van der Waals surface area contributed by atoms with Gasteiger partial charge in [-0.3, -0.25) is 0 Å². The van der Waals surface area contributed by atoms with E-state index in [1.807, 2.05) is 19.1 Å². The van der Waals surface area contributed by atoms with Crippen LogP contribution < -0.4 is 31.5 Å². The number of fused-ring (bicyclic) bond motifs is 1. The molecule has 0 bridgehead atoms. The standard InChI is InChI=1S/C20H21IN5O/c1-5-17(22)15-8-16-19(18(9-15)27-4)23-11-24-20(16)25-13(3)14-7-6-12(2)26-21-10-14/h5-11,13,22H,1H2,2-4H3,(H,23,24,25)/q-1/t13-/m1/s1. The molecule has 0 radical (unpaired) electrons. The van der Waals surface area contributed by atoms with Crippen LogP contribution in [0.4, 0.5) is 5.82 Å². The molecule has 3 rings (SSSR count). The summed E-state index contributed by atoms with van der Waals surface area (Å²) < 4.78 is 12.2. The molecular formula is C20H21IN5O-. The Bertz CT molecular complexity index is 993. The van der Waals surface area contributed by atoms with Gasteiger partial charge < -0.3 is 0 Å². The van der Waals surface area contributed by atoms with Gasteiger partial charge in [0.2, 0.25) is 0 Å². The molecule has 6 nitrogen and oxygen atoms in total. The summed E-state index contributed by atoms with van der Waals surface area (Å²) in [5.74, 6) is 1.31. The zero-order valence-corrected chi connectivity index (χ0v) is 17.6. The first-order valence-corrected chi connectivity index (χ1v) is 10.6. The van der Waals surface area contributed by atoms with Gasteiger partial charge in [-0.2, -0.15) is 0 Å². The summed E-state index contributed by atoms with van der Waals surface area (Å²) in [5, 5.41) is 12.4. The van der Waals surface area contributed by atoms with Crippen molar-refractivity contribution < 1.29 is 26.2 Å². The van der Waals surface area contributed by atoms with E-state index in [0.29, 0.717) is 28.4 Å². The van der Waals surface area contributed by atoms with Crippen molar-refractivity contribution in [2.24, 2.45) is 3.21 Å². The predicted molar refractivity (Wildman–Crippen MR) is 107 cm³/mol. The Kier molecular flexibility index (Phi) is 6.00. The Morgan fingerprint density at radius 3 is 2.89 bits per heavy atom. The van der Waals surface area contributed by atoms with E-state index in [2.05, 4.69) is 42.2 Å². The SMILES string of the molecule is C=CC(=N)c1cc(OC)c2ncnc(N[C@H](C)C3=C[I-]N=C(C)C=C3)c2c1. The normalized spacial score (nSPS) is 15.1. The summed E-state index contributed by atoms with van der Waals surface area (Å²) in [5.41, 5.74) is 4.00. The number of halogens is 1. The van der Waals surface area contributed by atoms with E-state index in [-0.39, 0.29) is 27.5 Å². The molecule has 0 saturated heterocycles. The number of benzene rings is 1. The second-order valence-electron chi connectivity index (χ2n) is 6.05. The summed E-state index contributed by atoms with van der Waals surface area (Å²) in [6, 6.07) is 3.76. The summed E-state index contributed by atoms with van der Waals surface area (Å²) in [6.45, 7) is 7.80. The van der Waals surface area contributed by atoms with Gasteiger partial charge >= 0.3 is 169 Å². The Balaban J connectivity index is 2.01. The Morgan fingerprint density at radius 2 is 2.15 bits per heavy atom. The number of allylic oxidation sites excluding steroid dienone is 2. The van der Waals surface area contributed by atoms with Gasteiger partial charge in [0.05, 0.1) is 0 Å². The van der Waals surface area contributed by atoms with Crippen LogP contribution in [0.1, 0.15) is 19.4 Å². The number of ether oxygens (including phenoxy) is 1. The fourth-order valence-corrected chi connectivity index (χ4v) is 4.45. The van der Waals surface area contributed by atoms with Crippen LogP contribution in [0.2, 0.25) is 0 Å². The van der Waals surface area contributed by atoms with Crippen LogP contribution in [0.25, 0.3) is 10.9 Å². The number of methoxy groups -OCH3 is 1. The van der Waals surface area contributed by atoms with Gasteiger partial charge in [-0.05, 0) is 0 Å². The van der Waals surface area contributed by atoms with Crippen molar-refractivity contribution in [2.45, 2.75) is 19.9 Å². The average molecular weight is 474 g/mol. The van der Waals surface area contributed by atoms with E-state index < -0.39 is 0 Å². The van der Waals surface area contributed by atoms with Crippen molar-refractivity contribution in [3.05, 3.63) is 58.5 Å². The van der Waals surface area contributed by atoms with Crippen LogP contribution in [0.15, 0.2) is 56.1 Å². The van der Waals surface area contributed by atoms with Crippen molar-refractivity contribution in [3.63, 3.8) is 0 Å². The van der Waals surface area contributed by atoms with Crippen molar-refractivity contribution in [2.75, 3.05) is 12.4 Å². The third-order valence-electron chi connectivity index (χ3n) is 4.17. The van der Waals surface area contributed by atoms with E-state index >= 15 is 0 Å². The van der Waals surface area contributed by atoms with Crippen LogP contribution in [0.3, 0.4) is 0 Å². The van der Waals surface area contributed by atoms with Gasteiger partial charge in [0.25, 0.3) is 0 Å².